The van der Waals surface area contributed by atoms with Crippen molar-refractivity contribution in [2.24, 2.45) is 0 Å². The van der Waals surface area contributed by atoms with E-state index in [-0.39, 0.29) is 6.04 Å². The van der Waals surface area contributed by atoms with Crippen LogP contribution in [-0.4, -0.2) is 45.6 Å². The first-order valence-electron chi connectivity index (χ1n) is 6.42. The first-order valence-corrected chi connectivity index (χ1v) is 7.42. The van der Waals surface area contributed by atoms with Gasteiger partial charge in [-0.05, 0) is 12.0 Å². The zero-order valence-corrected chi connectivity index (χ0v) is 11.3. The first-order chi connectivity index (χ1) is 9.24. The van der Waals surface area contributed by atoms with Gasteiger partial charge in [0.05, 0.1) is 18.8 Å². The number of piperidine rings is 1. The van der Waals surface area contributed by atoms with Crippen molar-refractivity contribution >= 4 is 11.4 Å². The summed E-state index contributed by atoms with van der Waals surface area (Å²) in [5, 5.41) is 9.96. The van der Waals surface area contributed by atoms with E-state index < -0.39 is 23.6 Å². The molecular formula is C13H17NO4S. The van der Waals surface area contributed by atoms with Gasteiger partial charge < -0.3 is 5.11 Å². The van der Waals surface area contributed by atoms with Gasteiger partial charge in [0.25, 0.3) is 0 Å². The minimum absolute atomic E-state index is 0.0401. The topological polar surface area (TPSA) is 59.0 Å². The van der Waals surface area contributed by atoms with Crippen molar-refractivity contribution in [2.45, 2.75) is 31.2 Å². The molecule has 1 aromatic rings. The molecule has 2 aliphatic heterocycles. The van der Waals surface area contributed by atoms with E-state index in [0.717, 1.165) is 13.1 Å². The SMILES string of the molecule is O=S1OC[C@@H]2[C@@H](O1)[C@H](O)CCN2Cc1ccccc1. The highest BCUT2D eigenvalue weighted by Gasteiger charge is 2.42. The summed E-state index contributed by atoms with van der Waals surface area (Å²) in [6.07, 6.45) is -0.359. The highest BCUT2D eigenvalue weighted by Crippen LogP contribution is 2.27. The van der Waals surface area contributed by atoms with E-state index in [1.165, 1.54) is 5.56 Å². The molecule has 0 spiro atoms. The Labute approximate surface area is 115 Å². The number of benzene rings is 1. The third-order valence-corrected chi connectivity index (χ3v) is 4.40. The molecule has 1 unspecified atom stereocenters. The van der Waals surface area contributed by atoms with Crippen LogP contribution in [0.2, 0.25) is 0 Å². The maximum absolute atomic E-state index is 11.3. The Hall–Kier alpha value is -0.790. The molecule has 0 aliphatic carbocycles. The lowest BCUT2D eigenvalue weighted by Gasteiger charge is -2.44. The van der Waals surface area contributed by atoms with Gasteiger partial charge in [-0.15, -0.1) is 0 Å². The van der Waals surface area contributed by atoms with E-state index in [9.17, 15) is 9.32 Å². The molecule has 104 valence electrons. The van der Waals surface area contributed by atoms with Gasteiger partial charge in [-0.1, -0.05) is 30.3 Å². The molecule has 1 aromatic carbocycles. The van der Waals surface area contributed by atoms with E-state index in [1.807, 2.05) is 18.2 Å². The fraction of sp³-hybridized carbons (Fsp3) is 0.538. The van der Waals surface area contributed by atoms with Crippen LogP contribution < -0.4 is 0 Å². The minimum Gasteiger partial charge on any atom is -0.390 e. The average Bonchev–Trinajstić information content (AvgIpc) is 2.43. The highest BCUT2D eigenvalue weighted by molar-refractivity contribution is 7.75. The standard InChI is InChI=1S/C13H17NO4S/c15-12-6-7-14(8-10-4-2-1-3-5-10)11-9-17-19(16)18-13(11)12/h1-5,11-13,15H,6-9H2/t11-,12-,13-,19?/m1/s1. The van der Waals surface area contributed by atoms with Crippen LogP contribution in [0.15, 0.2) is 30.3 Å². The summed E-state index contributed by atoms with van der Waals surface area (Å²) in [5.74, 6) is 0. The van der Waals surface area contributed by atoms with Crippen LogP contribution in [0.1, 0.15) is 12.0 Å². The van der Waals surface area contributed by atoms with E-state index in [4.69, 9.17) is 8.37 Å². The van der Waals surface area contributed by atoms with E-state index in [1.54, 1.807) is 0 Å². The second kappa shape index (κ2) is 5.68. The number of nitrogens with zero attached hydrogens (tertiary/aromatic N) is 1. The molecule has 19 heavy (non-hydrogen) atoms. The van der Waals surface area contributed by atoms with Crippen LogP contribution in [0.25, 0.3) is 0 Å². The maximum atomic E-state index is 11.3. The minimum atomic E-state index is -1.73. The Kier molecular flexibility index (Phi) is 3.95. The number of hydrogen-bond donors (Lipinski definition) is 1. The molecular weight excluding hydrogens is 266 g/mol. The molecule has 2 heterocycles. The lowest BCUT2D eigenvalue weighted by Crippen LogP contribution is -2.59. The van der Waals surface area contributed by atoms with Crippen LogP contribution in [-0.2, 0) is 26.3 Å². The number of aliphatic hydroxyl groups is 1. The van der Waals surface area contributed by atoms with E-state index in [2.05, 4.69) is 17.0 Å². The second-order valence-corrected chi connectivity index (χ2v) is 5.77. The Morgan fingerprint density at radius 1 is 1.37 bits per heavy atom. The highest BCUT2D eigenvalue weighted by atomic mass is 32.2. The molecule has 0 amide bonds. The lowest BCUT2D eigenvalue weighted by molar-refractivity contribution is -0.0938. The number of hydrogen-bond acceptors (Lipinski definition) is 5. The van der Waals surface area contributed by atoms with Crippen LogP contribution in [0, 0.1) is 0 Å². The smallest absolute Gasteiger partial charge is 0.305 e. The Morgan fingerprint density at radius 3 is 2.95 bits per heavy atom. The largest absolute Gasteiger partial charge is 0.390 e. The average molecular weight is 283 g/mol. The summed E-state index contributed by atoms with van der Waals surface area (Å²) >= 11 is -1.73. The molecule has 1 N–H and O–H groups in total. The first kappa shape index (κ1) is 13.2. The molecule has 2 fully saturated rings. The van der Waals surface area contributed by atoms with Gasteiger partial charge in [0.1, 0.15) is 6.10 Å². The molecule has 0 aromatic heterocycles. The van der Waals surface area contributed by atoms with Crippen molar-refractivity contribution in [1.29, 1.82) is 0 Å². The zero-order valence-electron chi connectivity index (χ0n) is 10.5. The monoisotopic (exact) mass is 283 g/mol. The fourth-order valence-corrected chi connectivity index (χ4v) is 3.42. The van der Waals surface area contributed by atoms with Crippen molar-refractivity contribution in [2.75, 3.05) is 13.2 Å². The molecule has 5 nitrogen and oxygen atoms in total. The Bertz CT molecular complexity index is 455. The molecule has 4 atom stereocenters. The molecule has 0 saturated carbocycles. The fourth-order valence-electron chi connectivity index (χ4n) is 2.68. The van der Waals surface area contributed by atoms with Crippen molar-refractivity contribution < 1.29 is 17.7 Å². The van der Waals surface area contributed by atoms with Gasteiger partial charge in [0.2, 0.25) is 0 Å². The molecule has 6 heteroatoms. The third kappa shape index (κ3) is 2.88. The summed E-state index contributed by atoms with van der Waals surface area (Å²) in [6, 6.07) is 10.1. The van der Waals surface area contributed by atoms with Gasteiger partial charge in [-0.3, -0.25) is 13.3 Å². The van der Waals surface area contributed by atoms with E-state index >= 15 is 0 Å². The lowest BCUT2D eigenvalue weighted by atomic mass is 9.96. The van der Waals surface area contributed by atoms with Gasteiger partial charge in [-0.25, -0.2) is 0 Å². The Morgan fingerprint density at radius 2 is 2.16 bits per heavy atom. The van der Waals surface area contributed by atoms with Gasteiger partial charge >= 0.3 is 11.4 Å². The summed E-state index contributed by atoms with van der Waals surface area (Å²) in [5.41, 5.74) is 1.21. The van der Waals surface area contributed by atoms with Crippen LogP contribution in [0.5, 0.6) is 0 Å². The van der Waals surface area contributed by atoms with Gasteiger partial charge in [0, 0.05) is 13.1 Å². The predicted octanol–water partition coefficient (Wildman–Crippen LogP) is 0.616. The van der Waals surface area contributed by atoms with Gasteiger partial charge in [0.15, 0.2) is 0 Å². The Balaban J connectivity index is 1.73. The summed E-state index contributed by atoms with van der Waals surface area (Å²) in [6.45, 7) is 1.91. The number of rotatable bonds is 2. The van der Waals surface area contributed by atoms with Gasteiger partial charge in [-0.2, -0.15) is 4.21 Å². The number of fused-ring (bicyclic) bond motifs is 1. The molecule has 0 bridgehead atoms. The third-order valence-electron chi connectivity index (χ3n) is 3.69. The molecule has 3 rings (SSSR count). The van der Waals surface area contributed by atoms with Crippen molar-refractivity contribution in [3.8, 4) is 0 Å². The summed E-state index contributed by atoms with van der Waals surface area (Å²) < 4.78 is 21.6. The zero-order chi connectivity index (χ0) is 13.2. The molecule has 0 radical (unpaired) electrons. The molecule has 2 saturated heterocycles. The van der Waals surface area contributed by atoms with Crippen LogP contribution in [0.3, 0.4) is 0 Å². The normalized spacial score (nSPS) is 35.8. The van der Waals surface area contributed by atoms with Crippen molar-refractivity contribution in [3.63, 3.8) is 0 Å². The second-order valence-electron chi connectivity index (χ2n) is 4.93. The summed E-state index contributed by atoms with van der Waals surface area (Å²) in [4.78, 5) is 2.23. The number of likely N-dealkylation sites (tertiary alicyclic amines) is 1. The van der Waals surface area contributed by atoms with Crippen molar-refractivity contribution in [3.05, 3.63) is 35.9 Å². The maximum Gasteiger partial charge on any atom is 0.305 e. The van der Waals surface area contributed by atoms with Crippen molar-refractivity contribution in [1.82, 2.24) is 4.90 Å². The summed E-state index contributed by atoms with van der Waals surface area (Å²) in [7, 11) is 0. The molecule has 2 aliphatic rings. The predicted molar refractivity (Wildman–Crippen MR) is 70.2 cm³/mol. The number of aliphatic hydroxyl groups excluding tert-OH is 1. The quantitative estimate of drug-likeness (QED) is 0.862. The van der Waals surface area contributed by atoms with E-state index in [0.29, 0.717) is 13.0 Å². The van der Waals surface area contributed by atoms with Crippen LogP contribution in [0.4, 0.5) is 0 Å². The van der Waals surface area contributed by atoms with Crippen LogP contribution >= 0.6 is 0 Å².